The fourth-order valence-electron chi connectivity index (χ4n) is 3.10. The number of hydrogen-bond acceptors (Lipinski definition) is 5. The molecule has 0 spiro atoms. The van der Waals surface area contributed by atoms with Crippen molar-refractivity contribution in [3.63, 3.8) is 0 Å². The summed E-state index contributed by atoms with van der Waals surface area (Å²) in [6.45, 7) is 5.73. The van der Waals surface area contributed by atoms with Crippen LogP contribution >= 0.6 is 0 Å². The minimum atomic E-state index is 0.0698. The molecule has 0 bridgehead atoms. The van der Waals surface area contributed by atoms with Crippen LogP contribution in [-0.2, 0) is 14.3 Å². The highest BCUT2D eigenvalue weighted by Crippen LogP contribution is 2.18. The highest BCUT2D eigenvalue weighted by molar-refractivity contribution is 5.79. The summed E-state index contributed by atoms with van der Waals surface area (Å²) in [5.41, 5.74) is 0. The summed E-state index contributed by atoms with van der Waals surface area (Å²) in [7, 11) is 0. The van der Waals surface area contributed by atoms with Crippen LogP contribution < -0.4 is 10.6 Å². The van der Waals surface area contributed by atoms with Gasteiger partial charge < -0.3 is 15.4 Å². The Morgan fingerprint density at radius 3 is 2.17 bits per heavy atom. The molecule has 3 fully saturated rings. The summed E-state index contributed by atoms with van der Waals surface area (Å²) in [5, 5.41) is 5.98. The van der Waals surface area contributed by atoms with E-state index >= 15 is 0 Å². The van der Waals surface area contributed by atoms with Gasteiger partial charge in [-0.2, -0.15) is 0 Å². The number of rotatable bonds is 7. The third-order valence-electron chi connectivity index (χ3n) is 4.69. The van der Waals surface area contributed by atoms with E-state index in [4.69, 9.17) is 4.74 Å². The molecule has 2 aliphatic heterocycles. The van der Waals surface area contributed by atoms with Gasteiger partial charge in [-0.25, -0.2) is 0 Å². The first kappa shape index (κ1) is 16.7. The Labute approximate surface area is 137 Å². The molecule has 2 amide bonds. The Balaban J connectivity index is 1.27. The predicted molar refractivity (Wildman–Crippen MR) is 86.0 cm³/mol. The fourth-order valence-corrected chi connectivity index (χ4v) is 3.10. The van der Waals surface area contributed by atoms with Gasteiger partial charge in [-0.15, -0.1) is 0 Å². The second-order valence-electron chi connectivity index (χ2n) is 6.83. The molecule has 130 valence electrons. The van der Waals surface area contributed by atoms with E-state index < -0.39 is 0 Å². The van der Waals surface area contributed by atoms with Crippen LogP contribution in [0.15, 0.2) is 0 Å². The molecule has 0 aromatic rings. The molecule has 7 nitrogen and oxygen atoms in total. The second kappa shape index (κ2) is 8.08. The van der Waals surface area contributed by atoms with Gasteiger partial charge in [-0.3, -0.25) is 19.4 Å². The molecular formula is C16H28N4O3. The third-order valence-corrected chi connectivity index (χ3v) is 4.69. The van der Waals surface area contributed by atoms with Crippen LogP contribution in [0.1, 0.15) is 25.7 Å². The Hall–Kier alpha value is -1.18. The normalized spacial score (nSPS) is 26.2. The van der Waals surface area contributed by atoms with Crippen LogP contribution in [0.4, 0.5) is 0 Å². The zero-order valence-electron chi connectivity index (χ0n) is 13.8. The van der Waals surface area contributed by atoms with Crippen molar-refractivity contribution in [2.75, 3.05) is 52.4 Å². The number of ether oxygens (including phenoxy) is 1. The SMILES string of the molecule is O=C(CN1CCN(CC(=O)NC2CC2)CC1)NCC1CCCO1. The molecule has 1 saturated carbocycles. The van der Waals surface area contributed by atoms with Gasteiger partial charge in [0.1, 0.15) is 0 Å². The van der Waals surface area contributed by atoms with Crippen molar-refractivity contribution in [3.8, 4) is 0 Å². The molecule has 0 aromatic carbocycles. The van der Waals surface area contributed by atoms with Gasteiger partial charge in [-0.1, -0.05) is 0 Å². The van der Waals surface area contributed by atoms with E-state index in [1.54, 1.807) is 0 Å². The van der Waals surface area contributed by atoms with E-state index in [1.807, 2.05) is 0 Å². The Morgan fingerprint density at radius 2 is 1.61 bits per heavy atom. The lowest BCUT2D eigenvalue weighted by atomic mass is 10.2. The second-order valence-corrected chi connectivity index (χ2v) is 6.83. The van der Waals surface area contributed by atoms with E-state index in [2.05, 4.69) is 20.4 Å². The molecule has 2 heterocycles. The lowest BCUT2D eigenvalue weighted by Gasteiger charge is -2.33. The van der Waals surface area contributed by atoms with Crippen molar-refractivity contribution < 1.29 is 14.3 Å². The van der Waals surface area contributed by atoms with Crippen LogP contribution in [0.3, 0.4) is 0 Å². The van der Waals surface area contributed by atoms with E-state index in [0.717, 1.165) is 58.5 Å². The Kier molecular flexibility index (Phi) is 5.85. The summed E-state index contributed by atoms with van der Waals surface area (Å²) in [6, 6.07) is 0.427. The first-order valence-corrected chi connectivity index (χ1v) is 8.81. The fraction of sp³-hybridized carbons (Fsp3) is 0.875. The molecular weight excluding hydrogens is 296 g/mol. The van der Waals surface area contributed by atoms with E-state index in [-0.39, 0.29) is 17.9 Å². The first-order chi connectivity index (χ1) is 11.2. The third kappa shape index (κ3) is 5.75. The smallest absolute Gasteiger partial charge is 0.234 e. The average Bonchev–Trinajstić information content (AvgIpc) is 3.18. The van der Waals surface area contributed by atoms with Crippen LogP contribution in [0, 0.1) is 0 Å². The first-order valence-electron chi connectivity index (χ1n) is 8.81. The molecule has 1 aliphatic carbocycles. The number of carbonyl (C=O) groups is 2. The van der Waals surface area contributed by atoms with E-state index in [9.17, 15) is 9.59 Å². The highest BCUT2D eigenvalue weighted by atomic mass is 16.5. The average molecular weight is 324 g/mol. The Morgan fingerprint density at radius 1 is 0.957 bits per heavy atom. The van der Waals surface area contributed by atoms with E-state index in [0.29, 0.717) is 25.7 Å². The lowest BCUT2D eigenvalue weighted by Crippen LogP contribution is -2.52. The number of amides is 2. The minimum Gasteiger partial charge on any atom is -0.376 e. The van der Waals surface area contributed by atoms with Gasteiger partial charge in [0.2, 0.25) is 11.8 Å². The van der Waals surface area contributed by atoms with E-state index in [1.165, 1.54) is 0 Å². The van der Waals surface area contributed by atoms with Crippen molar-refractivity contribution >= 4 is 11.8 Å². The van der Waals surface area contributed by atoms with Crippen LogP contribution in [-0.4, -0.2) is 86.2 Å². The number of hydrogen-bond donors (Lipinski definition) is 2. The van der Waals surface area contributed by atoms with Crippen LogP contribution in [0.5, 0.6) is 0 Å². The van der Waals surface area contributed by atoms with Gasteiger partial charge in [-0.05, 0) is 25.7 Å². The number of nitrogens with one attached hydrogen (secondary N) is 2. The minimum absolute atomic E-state index is 0.0698. The van der Waals surface area contributed by atoms with Gasteiger partial charge in [0.15, 0.2) is 0 Å². The number of carbonyl (C=O) groups excluding carboxylic acids is 2. The molecule has 7 heteroatoms. The van der Waals surface area contributed by atoms with Crippen molar-refractivity contribution in [2.45, 2.75) is 37.8 Å². The van der Waals surface area contributed by atoms with Crippen molar-refractivity contribution in [1.29, 1.82) is 0 Å². The molecule has 3 rings (SSSR count). The van der Waals surface area contributed by atoms with Gasteiger partial charge in [0.25, 0.3) is 0 Å². The Bertz CT molecular complexity index is 414. The summed E-state index contributed by atoms with van der Waals surface area (Å²) >= 11 is 0. The van der Waals surface area contributed by atoms with Gasteiger partial charge >= 0.3 is 0 Å². The molecule has 0 radical (unpaired) electrons. The zero-order valence-corrected chi connectivity index (χ0v) is 13.8. The monoisotopic (exact) mass is 324 g/mol. The number of piperazine rings is 1. The van der Waals surface area contributed by atoms with Crippen molar-refractivity contribution in [2.24, 2.45) is 0 Å². The highest BCUT2D eigenvalue weighted by Gasteiger charge is 2.25. The zero-order chi connectivity index (χ0) is 16.1. The molecule has 2 saturated heterocycles. The molecule has 0 aromatic heterocycles. The number of nitrogens with zero attached hydrogens (tertiary/aromatic N) is 2. The molecule has 1 atom stereocenters. The maximum atomic E-state index is 12.0. The van der Waals surface area contributed by atoms with Gasteiger partial charge in [0, 0.05) is 45.4 Å². The summed E-state index contributed by atoms with van der Waals surface area (Å²) in [6.07, 6.45) is 4.58. The largest absolute Gasteiger partial charge is 0.376 e. The standard InChI is InChI=1S/C16H28N4O3/c21-15(17-10-14-2-1-9-23-14)11-19-5-7-20(8-6-19)12-16(22)18-13-3-4-13/h13-14H,1-12H2,(H,17,21)(H,18,22). The maximum Gasteiger partial charge on any atom is 0.234 e. The topological polar surface area (TPSA) is 73.9 Å². The van der Waals surface area contributed by atoms with Crippen LogP contribution in [0.2, 0.25) is 0 Å². The molecule has 3 aliphatic rings. The summed E-state index contributed by atoms with van der Waals surface area (Å²) in [5.74, 6) is 0.204. The quantitative estimate of drug-likeness (QED) is 0.640. The summed E-state index contributed by atoms with van der Waals surface area (Å²) < 4.78 is 5.50. The lowest BCUT2D eigenvalue weighted by molar-refractivity contribution is -0.125. The molecule has 1 unspecified atom stereocenters. The van der Waals surface area contributed by atoms with Crippen molar-refractivity contribution in [1.82, 2.24) is 20.4 Å². The van der Waals surface area contributed by atoms with Crippen molar-refractivity contribution in [3.05, 3.63) is 0 Å². The summed E-state index contributed by atoms with van der Waals surface area (Å²) in [4.78, 5) is 28.1. The predicted octanol–water partition coefficient (Wildman–Crippen LogP) is -0.822. The van der Waals surface area contributed by atoms with Crippen LogP contribution in [0.25, 0.3) is 0 Å². The molecule has 2 N–H and O–H groups in total. The molecule has 23 heavy (non-hydrogen) atoms. The van der Waals surface area contributed by atoms with Gasteiger partial charge in [0.05, 0.1) is 19.2 Å². The maximum absolute atomic E-state index is 12.0.